The van der Waals surface area contributed by atoms with Gasteiger partial charge < -0.3 is 10.2 Å². The van der Waals surface area contributed by atoms with E-state index in [4.69, 9.17) is 10.2 Å². The summed E-state index contributed by atoms with van der Waals surface area (Å²) in [5.41, 5.74) is 6.41. The van der Waals surface area contributed by atoms with Gasteiger partial charge in [0, 0.05) is 6.54 Å². The summed E-state index contributed by atoms with van der Waals surface area (Å²) in [6.07, 6.45) is 5.42. The lowest BCUT2D eigenvalue weighted by Gasteiger charge is -1.85. The topological polar surface area (TPSA) is 39.2 Å². The molecule has 0 atom stereocenters. The van der Waals surface area contributed by atoms with Crippen molar-refractivity contribution in [2.75, 3.05) is 6.54 Å². The van der Waals surface area contributed by atoms with Crippen LogP contribution in [0.3, 0.4) is 0 Å². The molecule has 0 aliphatic carbocycles. The number of hydrogen-bond acceptors (Lipinski definition) is 2. The molecule has 0 aliphatic rings. The molecule has 1 heterocycles. The fourth-order valence-electron chi connectivity index (χ4n) is 0.730. The van der Waals surface area contributed by atoms with Crippen molar-refractivity contribution in [1.82, 2.24) is 0 Å². The van der Waals surface area contributed by atoms with Gasteiger partial charge in [0.2, 0.25) is 0 Å². The van der Waals surface area contributed by atoms with E-state index in [2.05, 4.69) is 0 Å². The average molecular weight is 137 g/mol. The van der Waals surface area contributed by atoms with Gasteiger partial charge in [-0.3, -0.25) is 0 Å². The van der Waals surface area contributed by atoms with E-state index < -0.39 is 0 Å². The van der Waals surface area contributed by atoms with Gasteiger partial charge in [0.1, 0.15) is 5.76 Å². The zero-order chi connectivity index (χ0) is 7.40. The summed E-state index contributed by atoms with van der Waals surface area (Å²) in [5.74, 6) is 0.894. The summed E-state index contributed by atoms with van der Waals surface area (Å²) in [7, 11) is 0. The summed E-state index contributed by atoms with van der Waals surface area (Å²) < 4.78 is 5.12. The van der Waals surface area contributed by atoms with Crippen LogP contribution in [-0.4, -0.2) is 6.54 Å². The lowest BCUT2D eigenvalue weighted by Crippen LogP contribution is -1.91. The number of rotatable bonds is 2. The highest BCUT2D eigenvalue weighted by Crippen LogP contribution is 2.09. The highest BCUT2D eigenvalue weighted by Gasteiger charge is 1.93. The van der Waals surface area contributed by atoms with E-state index in [1.807, 2.05) is 25.1 Å². The molecule has 0 aromatic carbocycles. The molecular weight excluding hydrogens is 126 g/mol. The molecule has 1 rings (SSSR count). The van der Waals surface area contributed by atoms with Crippen LogP contribution in [-0.2, 0) is 0 Å². The van der Waals surface area contributed by atoms with Crippen molar-refractivity contribution in [2.24, 2.45) is 5.73 Å². The van der Waals surface area contributed by atoms with Gasteiger partial charge in [-0.1, -0.05) is 6.08 Å². The average Bonchev–Trinajstić information content (AvgIpc) is 2.31. The minimum absolute atomic E-state index is 0.556. The quantitative estimate of drug-likeness (QED) is 0.671. The molecule has 0 amide bonds. The molecule has 0 bridgehead atoms. The zero-order valence-electron chi connectivity index (χ0n) is 6.00. The lowest BCUT2D eigenvalue weighted by atomic mass is 10.2. The van der Waals surface area contributed by atoms with Crippen molar-refractivity contribution >= 4 is 6.08 Å². The van der Waals surface area contributed by atoms with Crippen LogP contribution in [0.4, 0.5) is 0 Å². The van der Waals surface area contributed by atoms with Crippen molar-refractivity contribution in [2.45, 2.75) is 6.92 Å². The summed E-state index contributed by atoms with van der Waals surface area (Å²) in [5, 5.41) is 0. The molecule has 0 saturated heterocycles. The fourth-order valence-corrected chi connectivity index (χ4v) is 0.730. The van der Waals surface area contributed by atoms with Gasteiger partial charge >= 0.3 is 0 Å². The Morgan fingerprint density at radius 3 is 3.00 bits per heavy atom. The van der Waals surface area contributed by atoms with Crippen molar-refractivity contribution in [3.8, 4) is 0 Å². The normalized spacial score (nSPS) is 11.0. The zero-order valence-corrected chi connectivity index (χ0v) is 6.00. The predicted octanol–water partition coefficient (Wildman–Crippen LogP) is 1.56. The first-order valence-electron chi connectivity index (χ1n) is 3.25. The van der Waals surface area contributed by atoms with Gasteiger partial charge in [-0.05, 0) is 24.6 Å². The van der Waals surface area contributed by atoms with Crippen LogP contribution in [0.25, 0.3) is 6.08 Å². The molecule has 0 unspecified atom stereocenters. The molecule has 0 radical (unpaired) electrons. The number of hydrogen-bond donors (Lipinski definition) is 1. The van der Waals surface area contributed by atoms with E-state index in [1.165, 1.54) is 0 Å². The van der Waals surface area contributed by atoms with Crippen LogP contribution in [0.1, 0.15) is 11.3 Å². The Labute approximate surface area is 60.3 Å². The first-order valence-corrected chi connectivity index (χ1v) is 3.25. The third-order valence-corrected chi connectivity index (χ3v) is 1.31. The molecule has 1 aromatic rings. The molecule has 0 fully saturated rings. The van der Waals surface area contributed by atoms with Crippen molar-refractivity contribution in [3.05, 3.63) is 29.7 Å². The maximum atomic E-state index is 5.27. The minimum atomic E-state index is 0.556. The Kier molecular flexibility index (Phi) is 2.29. The third-order valence-electron chi connectivity index (χ3n) is 1.31. The summed E-state index contributed by atoms with van der Waals surface area (Å²) in [4.78, 5) is 0. The Bertz CT molecular complexity index is 225. The molecule has 2 nitrogen and oxygen atoms in total. The first-order chi connectivity index (χ1) is 4.84. The molecule has 54 valence electrons. The molecule has 0 aliphatic heterocycles. The van der Waals surface area contributed by atoms with E-state index in [1.54, 1.807) is 6.26 Å². The number of nitrogens with two attached hydrogens (primary N) is 1. The van der Waals surface area contributed by atoms with Crippen LogP contribution >= 0.6 is 0 Å². The van der Waals surface area contributed by atoms with Crippen molar-refractivity contribution < 1.29 is 4.42 Å². The summed E-state index contributed by atoms with van der Waals surface area (Å²) >= 11 is 0. The molecule has 10 heavy (non-hydrogen) atoms. The Hall–Kier alpha value is -1.02. The van der Waals surface area contributed by atoms with Crippen LogP contribution in [0.2, 0.25) is 0 Å². The summed E-state index contributed by atoms with van der Waals surface area (Å²) in [6, 6.07) is 1.93. The molecular formula is C8H11NO. The van der Waals surface area contributed by atoms with Crippen LogP contribution < -0.4 is 5.73 Å². The van der Waals surface area contributed by atoms with Gasteiger partial charge in [-0.15, -0.1) is 0 Å². The van der Waals surface area contributed by atoms with Gasteiger partial charge in [0.05, 0.1) is 6.26 Å². The van der Waals surface area contributed by atoms with Gasteiger partial charge in [0.25, 0.3) is 0 Å². The Morgan fingerprint density at radius 2 is 2.50 bits per heavy atom. The highest BCUT2D eigenvalue weighted by atomic mass is 16.3. The Morgan fingerprint density at radius 1 is 1.70 bits per heavy atom. The number of aryl methyl sites for hydroxylation is 1. The predicted molar refractivity (Wildman–Crippen MR) is 41.5 cm³/mol. The van der Waals surface area contributed by atoms with Gasteiger partial charge in [0.15, 0.2) is 0 Å². The van der Waals surface area contributed by atoms with E-state index >= 15 is 0 Å². The van der Waals surface area contributed by atoms with Crippen molar-refractivity contribution in [1.29, 1.82) is 0 Å². The molecule has 2 N–H and O–H groups in total. The lowest BCUT2D eigenvalue weighted by molar-refractivity contribution is 0.555. The van der Waals surface area contributed by atoms with Gasteiger partial charge in [-0.2, -0.15) is 0 Å². The van der Waals surface area contributed by atoms with Crippen LogP contribution in [0, 0.1) is 6.92 Å². The molecule has 0 spiro atoms. The largest absolute Gasteiger partial charge is 0.465 e. The van der Waals surface area contributed by atoms with E-state index in [-0.39, 0.29) is 0 Å². The monoisotopic (exact) mass is 137 g/mol. The molecule has 0 saturated carbocycles. The second-order valence-electron chi connectivity index (χ2n) is 2.11. The number of furan rings is 1. The minimum Gasteiger partial charge on any atom is -0.465 e. The van der Waals surface area contributed by atoms with Crippen LogP contribution in [0.15, 0.2) is 22.8 Å². The highest BCUT2D eigenvalue weighted by molar-refractivity contribution is 5.46. The standard InChI is InChI=1S/C8H11NO/c1-7-4-6-10-8(7)3-2-5-9/h2-4,6H,5,9H2,1H3/b3-2+. The maximum absolute atomic E-state index is 5.27. The SMILES string of the molecule is Cc1ccoc1/C=C/CN. The third kappa shape index (κ3) is 1.48. The second-order valence-corrected chi connectivity index (χ2v) is 2.11. The van der Waals surface area contributed by atoms with Crippen LogP contribution in [0.5, 0.6) is 0 Å². The molecule has 2 heteroatoms. The van der Waals surface area contributed by atoms with E-state index in [9.17, 15) is 0 Å². The van der Waals surface area contributed by atoms with Crippen molar-refractivity contribution in [3.63, 3.8) is 0 Å². The smallest absolute Gasteiger partial charge is 0.129 e. The first kappa shape index (κ1) is 7.09. The van der Waals surface area contributed by atoms with Gasteiger partial charge in [-0.25, -0.2) is 0 Å². The molecule has 1 aromatic heterocycles. The van der Waals surface area contributed by atoms with E-state index in [0.29, 0.717) is 6.54 Å². The second kappa shape index (κ2) is 3.22. The fraction of sp³-hybridized carbons (Fsp3) is 0.250. The maximum Gasteiger partial charge on any atom is 0.129 e. The Balaban J connectivity index is 2.74. The van der Waals surface area contributed by atoms with E-state index in [0.717, 1.165) is 11.3 Å². The summed E-state index contributed by atoms with van der Waals surface area (Å²) in [6.45, 7) is 2.56.